The lowest BCUT2D eigenvalue weighted by Gasteiger charge is -2.20. The van der Waals surface area contributed by atoms with Gasteiger partial charge in [-0.25, -0.2) is 8.42 Å². The number of carbonyl (C=O) groups is 1. The van der Waals surface area contributed by atoms with E-state index >= 15 is 0 Å². The van der Waals surface area contributed by atoms with Crippen LogP contribution >= 0.6 is 11.7 Å². The number of amides is 1. The zero-order valence-electron chi connectivity index (χ0n) is 12.8. The summed E-state index contributed by atoms with van der Waals surface area (Å²) in [5.74, 6) is -0.252. The standard InChI is InChI=1S/C15H19N3O3S2/c19-14(18-9-3-1-2-4-10-18)8-11-23(20,21)13-7-5-6-12-15(13)17-22-16-12/h5-7H,1-4,8-11H2. The smallest absolute Gasteiger partial charge is 0.223 e. The summed E-state index contributed by atoms with van der Waals surface area (Å²) >= 11 is 0.993. The van der Waals surface area contributed by atoms with Crippen LogP contribution in [0.4, 0.5) is 0 Å². The van der Waals surface area contributed by atoms with Crippen molar-refractivity contribution in [2.24, 2.45) is 0 Å². The number of carbonyl (C=O) groups excluding carboxylic acids is 1. The van der Waals surface area contributed by atoms with E-state index in [1.165, 1.54) is 6.07 Å². The van der Waals surface area contributed by atoms with Crippen LogP contribution in [-0.4, -0.2) is 46.8 Å². The van der Waals surface area contributed by atoms with Crippen LogP contribution in [0.1, 0.15) is 32.1 Å². The summed E-state index contributed by atoms with van der Waals surface area (Å²) in [6.07, 6.45) is 4.31. The first-order chi connectivity index (χ1) is 11.1. The van der Waals surface area contributed by atoms with Gasteiger partial charge in [-0.3, -0.25) is 4.79 Å². The minimum atomic E-state index is -3.54. The van der Waals surface area contributed by atoms with E-state index in [0.29, 0.717) is 11.0 Å². The Balaban J connectivity index is 1.71. The Hall–Kier alpha value is -1.54. The highest BCUT2D eigenvalue weighted by atomic mass is 32.2. The molecule has 0 radical (unpaired) electrons. The van der Waals surface area contributed by atoms with E-state index in [1.54, 1.807) is 17.0 Å². The first kappa shape index (κ1) is 16.3. The highest BCUT2D eigenvalue weighted by molar-refractivity contribution is 7.91. The second-order valence-corrected chi connectivity index (χ2v) is 8.36. The number of fused-ring (bicyclic) bond motifs is 1. The van der Waals surface area contributed by atoms with Crippen molar-refractivity contribution < 1.29 is 13.2 Å². The van der Waals surface area contributed by atoms with Gasteiger partial charge in [0.1, 0.15) is 11.0 Å². The van der Waals surface area contributed by atoms with Crippen molar-refractivity contribution in [1.29, 1.82) is 0 Å². The van der Waals surface area contributed by atoms with Crippen LogP contribution in [0.3, 0.4) is 0 Å². The number of hydrogen-bond acceptors (Lipinski definition) is 6. The Labute approximate surface area is 139 Å². The second kappa shape index (κ2) is 6.92. The van der Waals surface area contributed by atoms with Gasteiger partial charge < -0.3 is 4.90 Å². The molecular weight excluding hydrogens is 334 g/mol. The van der Waals surface area contributed by atoms with E-state index in [9.17, 15) is 13.2 Å². The summed E-state index contributed by atoms with van der Waals surface area (Å²) in [5, 5.41) is 0. The maximum Gasteiger partial charge on any atom is 0.223 e. The molecule has 1 aliphatic rings. The van der Waals surface area contributed by atoms with Crippen molar-refractivity contribution in [1.82, 2.24) is 13.6 Å². The van der Waals surface area contributed by atoms with Gasteiger partial charge in [-0.1, -0.05) is 18.9 Å². The highest BCUT2D eigenvalue weighted by Gasteiger charge is 2.23. The van der Waals surface area contributed by atoms with Crippen LogP contribution in [0.15, 0.2) is 23.1 Å². The fraction of sp³-hybridized carbons (Fsp3) is 0.533. The van der Waals surface area contributed by atoms with Gasteiger partial charge in [0.25, 0.3) is 0 Å². The van der Waals surface area contributed by atoms with Crippen LogP contribution in [0, 0.1) is 0 Å². The number of sulfone groups is 1. The number of nitrogens with zero attached hydrogens (tertiary/aromatic N) is 3. The maximum atomic E-state index is 12.6. The number of aromatic nitrogens is 2. The summed E-state index contributed by atoms with van der Waals surface area (Å²) in [6.45, 7) is 1.48. The Bertz CT molecular complexity index is 793. The minimum absolute atomic E-state index is 0.0241. The van der Waals surface area contributed by atoms with Crippen molar-refractivity contribution in [3.05, 3.63) is 18.2 Å². The van der Waals surface area contributed by atoms with Gasteiger partial charge in [-0.2, -0.15) is 8.75 Å². The zero-order chi connectivity index (χ0) is 16.3. The molecule has 124 valence electrons. The van der Waals surface area contributed by atoms with E-state index in [2.05, 4.69) is 8.75 Å². The Kier molecular flexibility index (Phi) is 4.91. The molecule has 1 aromatic heterocycles. The van der Waals surface area contributed by atoms with Crippen molar-refractivity contribution in [2.45, 2.75) is 37.0 Å². The number of hydrogen-bond donors (Lipinski definition) is 0. The first-order valence-corrected chi connectivity index (χ1v) is 10.2. The predicted octanol–water partition coefficient (Wildman–Crippen LogP) is 2.26. The van der Waals surface area contributed by atoms with Gasteiger partial charge in [-0.15, -0.1) is 0 Å². The zero-order valence-corrected chi connectivity index (χ0v) is 14.4. The van der Waals surface area contributed by atoms with Crippen LogP contribution in [0.5, 0.6) is 0 Å². The molecule has 0 aliphatic carbocycles. The Morgan fingerprint density at radius 3 is 2.61 bits per heavy atom. The lowest BCUT2D eigenvalue weighted by atomic mass is 10.2. The lowest BCUT2D eigenvalue weighted by molar-refractivity contribution is -0.130. The molecule has 0 saturated carbocycles. The van der Waals surface area contributed by atoms with E-state index in [4.69, 9.17) is 0 Å². The average molecular weight is 353 g/mol. The largest absolute Gasteiger partial charge is 0.343 e. The summed E-state index contributed by atoms with van der Waals surface area (Å²) in [6, 6.07) is 4.93. The van der Waals surface area contributed by atoms with E-state index in [1.807, 2.05) is 0 Å². The monoisotopic (exact) mass is 353 g/mol. The SMILES string of the molecule is O=C(CCS(=O)(=O)c1cccc2nsnc12)N1CCCCCC1. The number of benzene rings is 1. The van der Waals surface area contributed by atoms with E-state index in [-0.39, 0.29) is 23.0 Å². The highest BCUT2D eigenvalue weighted by Crippen LogP contribution is 2.23. The Morgan fingerprint density at radius 2 is 1.87 bits per heavy atom. The summed E-state index contributed by atoms with van der Waals surface area (Å²) < 4.78 is 33.3. The third-order valence-electron chi connectivity index (χ3n) is 4.13. The summed E-state index contributed by atoms with van der Waals surface area (Å²) in [7, 11) is -3.54. The average Bonchev–Trinajstić information content (AvgIpc) is 2.85. The van der Waals surface area contributed by atoms with Crippen molar-refractivity contribution in [3.8, 4) is 0 Å². The van der Waals surface area contributed by atoms with Crippen LogP contribution in [0.2, 0.25) is 0 Å². The topological polar surface area (TPSA) is 80.2 Å². The second-order valence-electron chi connectivity index (χ2n) is 5.75. The van der Waals surface area contributed by atoms with Crippen molar-refractivity contribution >= 4 is 38.5 Å². The molecule has 0 atom stereocenters. The molecule has 1 aliphatic heterocycles. The van der Waals surface area contributed by atoms with Crippen molar-refractivity contribution in [3.63, 3.8) is 0 Å². The molecule has 0 spiro atoms. The molecule has 2 heterocycles. The van der Waals surface area contributed by atoms with E-state index in [0.717, 1.165) is 50.5 Å². The molecule has 1 fully saturated rings. The lowest BCUT2D eigenvalue weighted by Crippen LogP contribution is -2.33. The molecule has 1 amide bonds. The molecule has 1 saturated heterocycles. The molecular formula is C15H19N3O3S2. The van der Waals surface area contributed by atoms with Gasteiger partial charge in [0, 0.05) is 19.5 Å². The quantitative estimate of drug-likeness (QED) is 0.842. The van der Waals surface area contributed by atoms with Gasteiger partial charge in [-0.05, 0) is 25.0 Å². The maximum absolute atomic E-state index is 12.6. The van der Waals surface area contributed by atoms with Crippen molar-refractivity contribution in [2.75, 3.05) is 18.8 Å². The third-order valence-corrected chi connectivity index (χ3v) is 6.41. The van der Waals surface area contributed by atoms with Crippen LogP contribution in [0.25, 0.3) is 11.0 Å². The minimum Gasteiger partial charge on any atom is -0.343 e. The normalized spacial score (nSPS) is 16.4. The molecule has 0 unspecified atom stereocenters. The Morgan fingerprint density at radius 1 is 1.13 bits per heavy atom. The third kappa shape index (κ3) is 3.69. The number of likely N-dealkylation sites (tertiary alicyclic amines) is 1. The summed E-state index contributed by atoms with van der Waals surface area (Å²) in [5.41, 5.74) is 0.981. The van der Waals surface area contributed by atoms with Gasteiger partial charge in [0.15, 0.2) is 9.84 Å². The molecule has 0 bridgehead atoms. The summed E-state index contributed by atoms with van der Waals surface area (Å²) in [4.78, 5) is 14.3. The molecule has 6 nitrogen and oxygen atoms in total. The first-order valence-electron chi connectivity index (χ1n) is 7.80. The molecule has 8 heteroatoms. The molecule has 3 rings (SSSR count). The molecule has 1 aromatic carbocycles. The van der Waals surface area contributed by atoms with Gasteiger partial charge >= 0.3 is 0 Å². The fourth-order valence-electron chi connectivity index (χ4n) is 2.84. The van der Waals surface area contributed by atoms with Gasteiger partial charge in [0.2, 0.25) is 5.91 Å². The molecule has 2 aromatic rings. The van der Waals surface area contributed by atoms with Gasteiger partial charge in [0.05, 0.1) is 22.4 Å². The molecule has 0 N–H and O–H groups in total. The molecule has 23 heavy (non-hydrogen) atoms. The van der Waals surface area contributed by atoms with Crippen LogP contribution < -0.4 is 0 Å². The fourth-order valence-corrected chi connectivity index (χ4v) is 4.84. The van der Waals surface area contributed by atoms with E-state index < -0.39 is 9.84 Å². The predicted molar refractivity (Wildman–Crippen MR) is 89.1 cm³/mol. The van der Waals surface area contributed by atoms with Crippen LogP contribution in [-0.2, 0) is 14.6 Å². The number of rotatable bonds is 4.